The third-order valence-electron chi connectivity index (χ3n) is 5.41. The maximum Gasteiger partial charge on any atom is 0.257 e. The Labute approximate surface area is 191 Å². The van der Waals surface area contributed by atoms with Gasteiger partial charge in [-0.25, -0.2) is 16.8 Å². The van der Waals surface area contributed by atoms with Crippen molar-refractivity contribution in [2.45, 2.75) is 44.4 Å². The summed E-state index contributed by atoms with van der Waals surface area (Å²) in [6.45, 7) is 4.29. The van der Waals surface area contributed by atoms with Crippen LogP contribution < -0.4 is 9.62 Å². The molecule has 8 nitrogen and oxygen atoms in total. The van der Waals surface area contributed by atoms with Crippen LogP contribution in [0.1, 0.15) is 49.9 Å². The molecule has 1 amide bonds. The fourth-order valence-corrected chi connectivity index (χ4v) is 4.93. The Morgan fingerprint density at radius 2 is 1.75 bits per heavy atom. The molecule has 0 unspecified atom stereocenters. The summed E-state index contributed by atoms with van der Waals surface area (Å²) in [4.78, 5) is 16.8. The fraction of sp³-hybridized carbons (Fsp3) is 0.455. The summed E-state index contributed by atoms with van der Waals surface area (Å²) < 4.78 is 49.8. The number of nitrogens with zero attached hydrogens (tertiary/aromatic N) is 2. The van der Waals surface area contributed by atoms with E-state index in [1.165, 1.54) is 49.8 Å². The van der Waals surface area contributed by atoms with Crippen LogP contribution in [0.5, 0.6) is 0 Å². The largest absolute Gasteiger partial charge is 0.322 e. The van der Waals surface area contributed by atoms with E-state index < -0.39 is 25.8 Å². The molecule has 2 rings (SSSR count). The topological polar surface area (TPSA) is 114 Å². The highest BCUT2D eigenvalue weighted by molar-refractivity contribution is 7.92. The van der Waals surface area contributed by atoms with Crippen LogP contribution in [0.4, 0.5) is 11.4 Å². The van der Waals surface area contributed by atoms with Gasteiger partial charge in [-0.05, 0) is 42.7 Å². The Bertz CT molecular complexity index is 1130. The van der Waals surface area contributed by atoms with Gasteiger partial charge in [0.1, 0.15) is 0 Å². The molecule has 2 aromatic rings. The van der Waals surface area contributed by atoms with Gasteiger partial charge in [-0.1, -0.05) is 33.1 Å². The molecule has 0 aliphatic carbocycles. The van der Waals surface area contributed by atoms with E-state index in [4.69, 9.17) is 0 Å². The first-order chi connectivity index (χ1) is 15.0. The highest BCUT2D eigenvalue weighted by Crippen LogP contribution is 2.23. The Morgan fingerprint density at radius 1 is 1.09 bits per heavy atom. The minimum absolute atomic E-state index is 0.0906. The van der Waals surface area contributed by atoms with Gasteiger partial charge in [0, 0.05) is 18.9 Å². The van der Waals surface area contributed by atoms with Gasteiger partial charge in [-0.2, -0.15) is 0 Å². The number of amides is 1. The van der Waals surface area contributed by atoms with E-state index in [1.807, 2.05) is 0 Å². The molecule has 0 bridgehead atoms. The van der Waals surface area contributed by atoms with Crippen molar-refractivity contribution in [2.75, 3.05) is 28.7 Å². The summed E-state index contributed by atoms with van der Waals surface area (Å²) >= 11 is 0. The minimum Gasteiger partial charge on any atom is -0.322 e. The van der Waals surface area contributed by atoms with Crippen molar-refractivity contribution in [2.24, 2.45) is 5.92 Å². The summed E-state index contributed by atoms with van der Waals surface area (Å²) in [5, 5.41) is 2.67. The predicted octanol–water partition coefficient (Wildman–Crippen LogP) is 3.72. The molecule has 0 radical (unpaired) electrons. The maximum atomic E-state index is 12.7. The number of hydrogen-bond acceptors (Lipinski definition) is 6. The van der Waals surface area contributed by atoms with E-state index in [9.17, 15) is 21.6 Å². The summed E-state index contributed by atoms with van der Waals surface area (Å²) in [7, 11) is -5.63. The lowest BCUT2D eigenvalue weighted by Crippen LogP contribution is -2.27. The molecule has 1 aromatic carbocycles. The first-order valence-electron chi connectivity index (χ1n) is 10.5. The molecule has 0 spiro atoms. The van der Waals surface area contributed by atoms with Crippen LogP contribution in [0.25, 0.3) is 0 Å². The van der Waals surface area contributed by atoms with Crippen LogP contribution in [-0.4, -0.2) is 46.8 Å². The van der Waals surface area contributed by atoms with Gasteiger partial charge in [0.05, 0.1) is 34.4 Å². The van der Waals surface area contributed by atoms with Crippen molar-refractivity contribution >= 4 is 37.1 Å². The Balaban J connectivity index is 2.08. The lowest BCUT2D eigenvalue weighted by Gasteiger charge is -2.19. The predicted molar refractivity (Wildman–Crippen MR) is 127 cm³/mol. The lowest BCUT2D eigenvalue weighted by atomic mass is 10.0. The van der Waals surface area contributed by atoms with Crippen LogP contribution in [0.15, 0.2) is 47.6 Å². The van der Waals surface area contributed by atoms with Gasteiger partial charge >= 0.3 is 0 Å². The van der Waals surface area contributed by atoms with Crippen molar-refractivity contribution < 1.29 is 21.6 Å². The quantitative estimate of drug-likeness (QED) is 0.489. The first kappa shape index (κ1) is 25.8. The Hall–Kier alpha value is -2.46. The number of benzene rings is 1. The lowest BCUT2D eigenvalue weighted by molar-refractivity contribution is 0.102. The Morgan fingerprint density at radius 3 is 2.34 bits per heavy atom. The van der Waals surface area contributed by atoms with Crippen molar-refractivity contribution in [1.82, 2.24) is 4.98 Å². The number of sulfonamides is 1. The fourth-order valence-electron chi connectivity index (χ4n) is 3.06. The molecule has 10 heteroatoms. The van der Waals surface area contributed by atoms with E-state index >= 15 is 0 Å². The smallest absolute Gasteiger partial charge is 0.257 e. The van der Waals surface area contributed by atoms with Gasteiger partial charge in [0.15, 0.2) is 9.84 Å². The first-order valence-corrected chi connectivity index (χ1v) is 14.0. The molecule has 1 N–H and O–H groups in total. The molecule has 1 heterocycles. The van der Waals surface area contributed by atoms with Gasteiger partial charge in [0.25, 0.3) is 5.91 Å². The molecule has 0 saturated carbocycles. The molecule has 176 valence electrons. The van der Waals surface area contributed by atoms with Crippen LogP contribution in [-0.2, 0) is 19.9 Å². The van der Waals surface area contributed by atoms with E-state index in [2.05, 4.69) is 24.1 Å². The summed E-state index contributed by atoms with van der Waals surface area (Å²) in [6, 6.07) is 7.39. The second kappa shape index (κ2) is 10.9. The highest BCUT2D eigenvalue weighted by atomic mass is 32.2. The number of sulfone groups is 1. The van der Waals surface area contributed by atoms with Gasteiger partial charge in [0.2, 0.25) is 10.0 Å². The van der Waals surface area contributed by atoms with Crippen LogP contribution in [0.3, 0.4) is 0 Å². The molecule has 0 saturated heterocycles. The second-order valence-electron chi connectivity index (χ2n) is 7.93. The summed E-state index contributed by atoms with van der Waals surface area (Å²) in [5.74, 6) is 0.158. The number of carbonyl (C=O) groups is 1. The maximum absolute atomic E-state index is 12.7. The highest BCUT2D eigenvalue weighted by Gasteiger charge is 2.20. The molecule has 1 atom stereocenters. The van der Waals surface area contributed by atoms with E-state index in [0.717, 1.165) is 29.8 Å². The molecule has 32 heavy (non-hydrogen) atoms. The number of anilines is 2. The number of carbonyl (C=O) groups excluding carboxylic acids is 1. The average molecular weight is 482 g/mol. The van der Waals surface area contributed by atoms with Crippen molar-refractivity contribution in [3.8, 4) is 0 Å². The van der Waals surface area contributed by atoms with Crippen molar-refractivity contribution in [1.29, 1.82) is 0 Å². The monoisotopic (exact) mass is 481 g/mol. The Kier molecular flexibility index (Phi) is 8.80. The van der Waals surface area contributed by atoms with Crippen LogP contribution in [0, 0.1) is 5.92 Å². The van der Waals surface area contributed by atoms with Gasteiger partial charge in [-0.3, -0.25) is 14.1 Å². The average Bonchev–Trinajstić information content (AvgIpc) is 2.75. The standard InChI is InChI=1S/C22H31N3O5S2/c1-5-17(2)8-6-7-15-32(29,30)19-11-9-18(10-12-19)24-22(26)20-13-14-23-16-21(20)25(3)31(4,27)28/h9-14,16-17H,5-8,15H2,1-4H3,(H,24,26)/t17-/m1/s1. The number of pyridine rings is 1. The summed E-state index contributed by atoms with van der Waals surface area (Å²) in [5.41, 5.74) is 0.672. The number of hydrogen-bond donors (Lipinski definition) is 1. The normalized spacial score (nSPS) is 12.9. The summed E-state index contributed by atoms with van der Waals surface area (Å²) in [6.07, 6.45) is 7.32. The van der Waals surface area contributed by atoms with E-state index in [1.54, 1.807) is 0 Å². The second-order valence-corrected chi connectivity index (χ2v) is 12.1. The molecule has 0 aliphatic rings. The third kappa shape index (κ3) is 7.03. The zero-order valence-electron chi connectivity index (χ0n) is 18.9. The number of rotatable bonds is 11. The molecule has 0 aliphatic heterocycles. The number of nitrogens with one attached hydrogen (secondary N) is 1. The molecular weight excluding hydrogens is 450 g/mol. The van der Waals surface area contributed by atoms with E-state index in [0.29, 0.717) is 18.0 Å². The molecule has 1 aromatic heterocycles. The van der Waals surface area contributed by atoms with Crippen LogP contribution >= 0.6 is 0 Å². The zero-order valence-corrected chi connectivity index (χ0v) is 20.5. The van der Waals surface area contributed by atoms with Gasteiger partial charge < -0.3 is 5.32 Å². The number of unbranched alkanes of at least 4 members (excludes halogenated alkanes) is 1. The number of aromatic nitrogens is 1. The van der Waals surface area contributed by atoms with Crippen LogP contribution in [0.2, 0.25) is 0 Å². The molecular formula is C22H31N3O5S2. The van der Waals surface area contributed by atoms with Crippen molar-refractivity contribution in [3.63, 3.8) is 0 Å². The van der Waals surface area contributed by atoms with E-state index in [-0.39, 0.29) is 21.9 Å². The zero-order chi connectivity index (χ0) is 23.9. The third-order valence-corrected chi connectivity index (χ3v) is 8.42. The molecule has 0 fully saturated rings. The van der Waals surface area contributed by atoms with Crippen molar-refractivity contribution in [3.05, 3.63) is 48.3 Å². The minimum atomic E-state index is -3.58. The SMILES string of the molecule is CC[C@@H](C)CCCCS(=O)(=O)c1ccc(NC(=O)c2ccncc2N(C)S(C)(=O)=O)cc1. The van der Waals surface area contributed by atoms with Gasteiger partial charge in [-0.15, -0.1) is 0 Å².